The van der Waals surface area contributed by atoms with E-state index in [4.69, 9.17) is 5.73 Å². The molecule has 3 N–H and O–H groups in total. The number of anilines is 2. The molecule has 20 heavy (non-hydrogen) atoms. The monoisotopic (exact) mass is 274 g/mol. The molecule has 0 unspecified atom stereocenters. The lowest BCUT2D eigenvalue weighted by molar-refractivity contribution is 0.282. The predicted molar refractivity (Wildman–Crippen MR) is 82.6 cm³/mol. The minimum atomic E-state index is 0.555. The summed E-state index contributed by atoms with van der Waals surface area (Å²) in [4.78, 5) is 8.92. The van der Waals surface area contributed by atoms with Crippen LogP contribution in [0.5, 0.6) is 0 Å². The molecule has 0 aliphatic heterocycles. The number of hydrogen-bond acceptors (Lipinski definition) is 4. The van der Waals surface area contributed by atoms with Crippen LogP contribution >= 0.6 is 0 Å². The van der Waals surface area contributed by atoms with Crippen molar-refractivity contribution in [2.75, 3.05) is 17.6 Å². The fourth-order valence-corrected chi connectivity index (χ4v) is 3.12. The van der Waals surface area contributed by atoms with Crippen molar-refractivity contribution in [2.45, 2.75) is 57.8 Å². The van der Waals surface area contributed by atoms with Gasteiger partial charge in [-0.2, -0.15) is 0 Å². The van der Waals surface area contributed by atoms with Crippen molar-refractivity contribution in [1.82, 2.24) is 9.97 Å². The Labute approximate surface area is 121 Å². The number of nitrogens with one attached hydrogen (secondary N) is 1. The van der Waals surface area contributed by atoms with Gasteiger partial charge < -0.3 is 11.1 Å². The molecule has 2 aliphatic rings. The molecule has 3 rings (SSSR count). The summed E-state index contributed by atoms with van der Waals surface area (Å²) in [5, 5.41) is 3.44. The van der Waals surface area contributed by atoms with Gasteiger partial charge in [-0.25, -0.2) is 9.97 Å². The smallest absolute Gasteiger partial charge is 0.136 e. The molecule has 0 spiro atoms. The van der Waals surface area contributed by atoms with E-state index in [1.807, 2.05) is 6.07 Å². The molecule has 0 saturated heterocycles. The molecule has 0 bridgehead atoms. The minimum Gasteiger partial charge on any atom is -0.384 e. The lowest BCUT2D eigenvalue weighted by Gasteiger charge is -2.26. The first kappa shape index (κ1) is 13.7. The molecule has 1 aromatic heterocycles. The van der Waals surface area contributed by atoms with Crippen LogP contribution in [-0.4, -0.2) is 16.5 Å². The van der Waals surface area contributed by atoms with Crippen molar-refractivity contribution >= 4 is 11.6 Å². The summed E-state index contributed by atoms with van der Waals surface area (Å²) in [7, 11) is 0. The standard InChI is InChI=1S/C16H26N4/c1-11-2-4-12(5-3-11)8-9-18-15-10-14(17)19-16(20-15)13-6-7-13/h10-13H,2-9H2,1H3,(H3,17,18,19,20). The Kier molecular flexibility index (Phi) is 4.08. The van der Waals surface area contributed by atoms with Gasteiger partial charge in [0, 0.05) is 18.5 Å². The highest BCUT2D eigenvalue weighted by molar-refractivity contribution is 5.45. The zero-order valence-electron chi connectivity index (χ0n) is 12.4. The second-order valence-corrected chi connectivity index (χ2v) is 6.65. The molecule has 110 valence electrons. The quantitative estimate of drug-likeness (QED) is 0.861. The molecular formula is C16H26N4. The molecule has 2 saturated carbocycles. The van der Waals surface area contributed by atoms with Gasteiger partial charge in [0.05, 0.1) is 0 Å². The number of nitrogen functional groups attached to an aromatic ring is 1. The Morgan fingerprint density at radius 2 is 1.90 bits per heavy atom. The molecule has 2 aliphatic carbocycles. The third kappa shape index (κ3) is 3.62. The third-order valence-electron chi connectivity index (χ3n) is 4.70. The molecule has 2 fully saturated rings. The average Bonchev–Trinajstić information content (AvgIpc) is 3.25. The number of rotatable bonds is 5. The van der Waals surface area contributed by atoms with Crippen LogP contribution in [0.3, 0.4) is 0 Å². The predicted octanol–water partition coefficient (Wildman–Crippen LogP) is 3.56. The van der Waals surface area contributed by atoms with E-state index in [2.05, 4.69) is 22.2 Å². The van der Waals surface area contributed by atoms with E-state index >= 15 is 0 Å². The van der Waals surface area contributed by atoms with Crippen LogP contribution in [0.4, 0.5) is 11.6 Å². The highest BCUT2D eigenvalue weighted by atomic mass is 15.1. The fourth-order valence-electron chi connectivity index (χ4n) is 3.12. The first-order chi connectivity index (χ1) is 9.70. The summed E-state index contributed by atoms with van der Waals surface area (Å²) in [6.07, 6.45) is 9.25. The molecule has 4 heteroatoms. The topological polar surface area (TPSA) is 63.8 Å². The van der Waals surface area contributed by atoms with Gasteiger partial charge in [0.15, 0.2) is 0 Å². The van der Waals surface area contributed by atoms with Crippen LogP contribution in [0.25, 0.3) is 0 Å². The van der Waals surface area contributed by atoms with Gasteiger partial charge in [-0.3, -0.25) is 0 Å². The molecule has 0 atom stereocenters. The van der Waals surface area contributed by atoms with Crippen molar-refractivity contribution in [1.29, 1.82) is 0 Å². The fraction of sp³-hybridized carbons (Fsp3) is 0.750. The maximum absolute atomic E-state index is 5.86. The molecule has 0 radical (unpaired) electrons. The maximum Gasteiger partial charge on any atom is 0.136 e. The highest BCUT2D eigenvalue weighted by Gasteiger charge is 2.27. The summed E-state index contributed by atoms with van der Waals surface area (Å²) in [5.41, 5.74) is 5.86. The highest BCUT2D eigenvalue weighted by Crippen LogP contribution is 2.38. The Hall–Kier alpha value is -1.32. The Bertz CT molecular complexity index is 448. The van der Waals surface area contributed by atoms with Crippen molar-refractivity contribution in [3.05, 3.63) is 11.9 Å². The SMILES string of the molecule is CC1CCC(CCNc2cc(N)nc(C3CC3)n2)CC1. The van der Waals surface area contributed by atoms with Gasteiger partial charge in [-0.15, -0.1) is 0 Å². The van der Waals surface area contributed by atoms with Gasteiger partial charge in [0.2, 0.25) is 0 Å². The van der Waals surface area contributed by atoms with Gasteiger partial charge in [0.25, 0.3) is 0 Å². The Morgan fingerprint density at radius 1 is 1.15 bits per heavy atom. The molecule has 4 nitrogen and oxygen atoms in total. The second kappa shape index (κ2) is 5.98. The van der Waals surface area contributed by atoms with Crippen molar-refractivity contribution in [3.63, 3.8) is 0 Å². The van der Waals surface area contributed by atoms with Crippen LogP contribution in [0.2, 0.25) is 0 Å². The second-order valence-electron chi connectivity index (χ2n) is 6.65. The normalized spacial score (nSPS) is 26.4. The van der Waals surface area contributed by atoms with E-state index in [0.717, 1.165) is 30.0 Å². The molecule has 0 aromatic carbocycles. The van der Waals surface area contributed by atoms with Gasteiger partial charge in [-0.05, 0) is 31.1 Å². The van der Waals surface area contributed by atoms with Crippen LogP contribution in [0, 0.1) is 11.8 Å². The number of hydrogen-bond donors (Lipinski definition) is 2. The molecule has 1 aromatic rings. The van der Waals surface area contributed by atoms with Crippen LogP contribution < -0.4 is 11.1 Å². The van der Waals surface area contributed by atoms with E-state index in [1.165, 1.54) is 44.9 Å². The Morgan fingerprint density at radius 3 is 2.60 bits per heavy atom. The molecule has 0 amide bonds. The van der Waals surface area contributed by atoms with E-state index in [-0.39, 0.29) is 0 Å². The minimum absolute atomic E-state index is 0.555. The largest absolute Gasteiger partial charge is 0.384 e. The van der Waals surface area contributed by atoms with E-state index in [1.54, 1.807) is 0 Å². The lowest BCUT2D eigenvalue weighted by Crippen LogP contribution is -2.16. The van der Waals surface area contributed by atoms with Crippen LogP contribution in [0.1, 0.15) is 63.6 Å². The van der Waals surface area contributed by atoms with E-state index in [0.29, 0.717) is 11.7 Å². The zero-order valence-corrected chi connectivity index (χ0v) is 12.4. The van der Waals surface area contributed by atoms with Crippen molar-refractivity contribution in [2.24, 2.45) is 11.8 Å². The van der Waals surface area contributed by atoms with E-state index < -0.39 is 0 Å². The van der Waals surface area contributed by atoms with Crippen molar-refractivity contribution in [3.8, 4) is 0 Å². The molecule has 1 heterocycles. The third-order valence-corrected chi connectivity index (χ3v) is 4.70. The summed E-state index contributed by atoms with van der Waals surface area (Å²) in [6.45, 7) is 3.37. The van der Waals surface area contributed by atoms with Crippen molar-refractivity contribution < 1.29 is 0 Å². The lowest BCUT2D eigenvalue weighted by atomic mass is 9.81. The number of aromatic nitrogens is 2. The summed E-state index contributed by atoms with van der Waals surface area (Å²) in [6, 6.07) is 1.86. The average molecular weight is 274 g/mol. The number of nitrogens with two attached hydrogens (primary N) is 1. The van der Waals surface area contributed by atoms with Crippen LogP contribution in [0.15, 0.2) is 6.07 Å². The zero-order chi connectivity index (χ0) is 13.9. The van der Waals surface area contributed by atoms with Gasteiger partial charge in [-0.1, -0.05) is 32.6 Å². The van der Waals surface area contributed by atoms with E-state index in [9.17, 15) is 0 Å². The first-order valence-electron chi connectivity index (χ1n) is 8.09. The Balaban J connectivity index is 1.48. The van der Waals surface area contributed by atoms with Crippen LogP contribution in [-0.2, 0) is 0 Å². The summed E-state index contributed by atoms with van der Waals surface area (Å²) in [5.74, 6) is 4.81. The summed E-state index contributed by atoms with van der Waals surface area (Å²) >= 11 is 0. The molecular weight excluding hydrogens is 248 g/mol. The number of nitrogens with zero attached hydrogens (tertiary/aromatic N) is 2. The van der Waals surface area contributed by atoms with Gasteiger partial charge >= 0.3 is 0 Å². The van der Waals surface area contributed by atoms with Gasteiger partial charge in [0.1, 0.15) is 17.5 Å². The summed E-state index contributed by atoms with van der Waals surface area (Å²) < 4.78 is 0. The maximum atomic E-state index is 5.86. The first-order valence-corrected chi connectivity index (χ1v) is 8.09.